The molecule has 0 spiro atoms. The van der Waals surface area contributed by atoms with Crippen LogP contribution in [0, 0.1) is 0 Å². The maximum absolute atomic E-state index is 9.24. The van der Waals surface area contributed by atoms with Crippen molar-refractivity contribution in [2.45, 2.75) is 12.2 Å². The molecule has 1 aliphatic rings. The van der Waals surface area contributed by atoms with Gasteiger partial charge < -0.3 is 14.6 Å². The van der Waals surface area contributed by atoms with E-state index in [1.807, 2.05) is 78.9 Å². The summed E-state index contributed by atoms with van der Waals surface area (Å²) in [6, 6.07) is 19.2. The molecular formula is C19H18O3. The Morgan fingerprint density at radius 3 is 1.82 bits per heavy atom. The minimum atomic E-state index is -0.901. The van der Waals surface area contributed by atoms with Gasteiger partial charge in [0, 0.05) is 12.5 Å². The van der Waals surface area contributed by atoms with Crippen LogP contribution in [0.2, 0.25) is 0 Å². The first-order valence-corrected chi connectivity index (χ1v) is 7.27. The Hall–Kier alpha value is -2.52. The summed E-state index contributed by atoms with van der Waals surface area (Å²) in [6.45, 7) is 0.0171. The summed E-state index contributed by atoms with van der Waals surface area (Å²) in [6.07, 6.45) is 6.17. The summed E-state index contributed by atoms with van der Waals surface area (Å²) in [4.78, 5) is 0. The van der Waals surface area contributed by atoms with E-state index in [1.54, 1.807) is 0 Å². The average molecular weight is 294 g/mol. The predicted octanol–water partition coefficient (Wildman–Crippen LogP) is 3.72. The van der Waals surface area contributed by atoms with Crippen molar-refractivity contribution in [3.63, 3.8) is 0 Å². The maximum atomic E-state index is 9.24. The van der Waals surface area contributed by atoms with E-state index in [0.29, 0.717) is 6.42 Å². The molecule has 3 rings (SSSR count). The third-order valence-corrected chi connectivity index (χ3v) is 3.45. The van der Waals surface area contributed by atoms with Gasteiger partial charge in [-0.2, -0.15) is 0 Å². The Morgan fingerprint density at radius 1 is 0.864 bits per heavy atom. The Balaban J connectivity index is 1.86. The van der Waals surface area contributed by atoms with Crippen molar-refractivity contribution in [3.05, 3.63) is 84.5 Å². The van der Waals surface area contributed by atoms with E-state index < -0.39 is 5.79 Å². The zero-order chi connectivity index (χ0) is 15.3. The molecule has 1 N–H and O–H groups in total. The molecule has 0 fully saturated rings. The van der Waals surface area contributed by atoms with Gasteiger partial charge in [-0.1, -0.05) is 48.6 Å². The van der Waals surface area contributed by atoms with Crippen LogP contribution in [0.4, 0.5) is 0 Å². The highest BCUT2D eigenvalue weighted by Crippen LogP contribution is 2.30. The van der Waals surface area contributed by atoms with Crippen LogP contribution >= 0.6 is 0 Å². The lowest BCUT2D eigenvalue weighted by Gasteiger charge is -2.33. The summed E-state index contributed by atoms with van der Waals surface area (Å²) < 4.78 is 12.2. The molecule has 0 saturated heterocycles. The van der Waals surface area contributed by atoms with Crippen LogP contribution in [0.5, 0.6) is 11.5 Å². The lowest BCUT2D eigenvalue weighted by Crippen LogP contribution is -2.41. The van der Waals surface area contributed by atoms with Gasteiger partial charge in [0.25, 0.3) is 5.79 Å². The summed E-state index contributed by atoms with van der Waals surface area (Å²) >= 11 is 0. The maximum Gasteiger partial charge on any atom is 0.274 e. The topological polar surface area (TPSA) is 38.7 Å². The predicted molar refractivity (Wildman–Crippen MR) is 85.8 cm³/mol. The van der Waals surface area contributed by atoms with Crippen molar-refractivity contribution in [1.82, 2.24) is 0 Å². The van der Waals surface area contributed by atoms with Crippen molar-refractivity contribution in [3.8, 4) is 11.5 Å². The molecule has 0 aromatic heterocycles. The van der Waals surface area contributed by atoms with Crippen molar-refractivity contribution in [2.24, 2.45) is 0 Å². The molecule has 2 aromatic rings. The van der Waals surface area contributed by atoms with Gasteiger partial charge in [-0.05, 0) is 29.8 Å². The van der Waals surface area contributed by atoms with Crippen molar-refractivity contribution < 1.29 is 14.6 Å². The van der Waals surface area contributed by atoms with Crippen LogP contribution in [-0.4, -0.2) is 17.5 Å². The molecule has 0 saturated carbocycles. The average Bonchev–Trinajstić information content (AvgIpc) is 2.57. The molecule has 0 amide bonds. The van der Waals surface area contributed by atoms with Gasteiger partial charge in [-0.25, -0.2) is 0 Å². The number of hydrogen-bond donors (Lipinski definition) is 1. The number of benzene rings is 2. The fourth-order valence-electron chi connectivity index (χ4n) is 2.31. The number of rotatable bonds is 5. The first-order chi connectivity index (χ1) is 10.8. The number of aliphatic hydroxyl groups is 1. The second-order valence-electron chi connectivity index (χ2n) is 5.12. The largest absolute Gasteiger partial charge is 0.448 e. The molecule has 0 radical (unpaired) electrons. The lowest BCUT2D eigenvalue weighted by molar-refractivity contribution is -0.0691. The Kier molecular flexibility index (Phi) is 4.26. The molecule has 0 aliphatic heterocycles. The Labute approximate surface area is 130 Å². The number of para-hydroxylation sites is 2. The van der Waals surface area contributed by atoms with Gasteiger partial charge in [0.2, 0.25) is 0 Å². The van der Waals surface area contributed by atoms with Crippen LogP contribution in [0.25, 0.3) is 0 Å². The Bertz CT molecular complexity index is 618. The van der Waals surface area contributed by atoms with E-state index in [-0.39, 0.29) is 6.61 Å². The number of ether oxygens (including phenoxy) is 2. The number of aliphatic hydroxyl groups excluding tert-OH is 1. The van der Waals surface area contributed by atoms with Gasteiger partial charge in [0.1, 0.15) is 11.5 Å². The fourth-order valence-corrected chi connectivity index (χ4v) is 2.31. The summed E-state index contributed by atoms with van der Waals surface area (Å²) in [7, 11) is 0. The molecule has 112 valence electrons. The second kappa shape index (κ2) is 6.50. The zero-order valence-corrected chi connectivity index (χ0v) is 12.2. The van der Waals surface area contributed by atoms with Crippen molar-refractivity contribution in [2.75, 3.05) is 6.61 Å². The molecule has 0 heterocycles. The Morgan fingerprint density at radius 2 is 1.41 bits per heavy atom. The van der Waals surface area contributed by atoms with E-state index in [4.69, 9.17) is 9.47 Å². The molecule has 2 aromatic carbocycles. The first kappa shape index (κ1) is 14.4. The van der Waals surface area contributed by atoms with Crippen LogP contribution in [-0.2, 0) is 0 Å². The van der Waals surface area contributed by atoms with Crippen molar-refractivity contribution >= 4 is 0 Å². The molecule has 3 nitrogen and oxygen atoms in total. The summed E-state index contributed by atoms with van der Waals surface area (Å²) in [5, 5.41) is 9.24. The third kappa shape index (κ3) is 3.38. The quantitative estimate of drug-likeness (QED) is 0.854. The molecule has 0 bridgehead atoms. The molecule has 22 heavy (non-hydrogen) atoms. The molecular weight excluding hydrogens is 276 g/mol. The molecule has 3 heteroatoms. The van der Waals surface area contributed by atoms with Gasteiger partial charge in [-0.3, -0.25) is 0 Å². The molecule has 0 unspecified atom stereocenters. The normalized spacial score (nSPS) is 16.0. The van der Waals surface area contributed by atoms with Gasteiger partial charge >= 0.3 is 0 Å². The minimum absolute atomic E-state index is 0.0171. The zero-order valence-electron chi connectivity index (χ0n) is 12.2. The number of hydrogen-bond acceptors (Lipinski definition) is 3. The molecule has 1 aliphatic carbocycles. The SMILES string of the molecule is OCC1=CCC(Oc2ccccc2)(Oc2ccccc2)C=C1. The standard InChI is InChI=1S/C19H18O3/c20-15-16-11-13-19(14-12-16,21-17-7-3-1-4-8-17)22-18-9-5-2-6-10-18/h1-13,20H,14-15H2. The molecule has 0 atom stereocenters. The van der Waals surface area contributed by atoms with Gasteiger partial charge in [-0.15, -0.1) is 0 Å². The monoisotopic (exact) mass is 294 g/mol. The van der Waals surface area contributed by atoms with Crippen LogP contribution in [0.3, 0.4) is 0 Å². The highest BCUT2D eigenvalue weighted by molar-refractivity contribution is 5.32. The fraction of sp³-hybridized carbons (Fsp3) is 0.158. The van der Waals surface area contributed by atoms with Crippen LogP contribution < -0.4 is 9.47 Å². The van der Waals surface area contributed by atoms with E-state index in [9.17, 15) is 5.11 Å². The van der Waals surface area contributed by atoms with Crippen LogP contribution in [0.1, 0.15) is 6.42 Å². The minimum Gasteiger partial charge on any atom is -0.448 e. The van der Waals surface area contributed by atoms with Gasteiger partial charge in [0.15, 0.2) is 0 Å². The highest BCUT2D eigenvalue weighted by Gasteiger charge is 2.33. The summed E-state index contributed by atoms with van der Waals surface area (Å²) in [5.41, 5.74) is 0.865. The van der Waals surface area contributed by atoms with E-state index in [0.717, 1.165) is 17.1 Å². The lowest BCUT2D eigenvalue weighted by atomic mass is 10.0. The van der Waals surface area contributed by atoms with E-state index in [1.165, 1.54) is 0 Å². The highest BCUT2D eigenvalue weighted by atomic mass is 16.7. The van der Waals surface area contributed by atoms with E-state index in [2.05, 4.69) is 0 Å². The van der Waals surface area contributed by atoms with Crippen LogP contribution in [0.15, 0.2) is 84.5 Å². The first-order valence-electron chi connectivity index (χ1n) is 7.27. The summed E-state index contributed by atoms with van der Waals surface area (Å²) in [5.74, 6) is 0.578. The van der Waals surface area contributed by atoms with Crippen molar-refractivity contribution in [1.29, 1.82) is 0 Å². The van der Waals surface area contributed by atoms with E-state index >= 15 is 0 Å². The second-order valence-corrected chi connectivity index (χ2v) is 5.12. The third-order valence-electron chi connectivity index (χ3n) is 3.45. The van der Waals surface area contributed by atoms with Gasteiger partial charge in [0.05, 0.1) is 6.61 Å². The smallest absolute Gasteiger partial charge is 0.274 e.